The van der Waals surface area contributed by atoms with Crippen LogP contribution in [0.2, 0.25) is 0 Å². The van der Waals surface area contributed by atoms with Gasteiger partial charge in [0, 0.05) is 0 Å². The summed E-state index contributed by atoms with van der Waals surface area (Å²) in [5.74, 6) is 2.11. The number of hydrogen-bond donors (Lipinski definition) is 1. The molecule has 1 heterocycles. The van der Waals surface area contributed by atoms with Crippen molar-refractivity contribution in [3.63, 3.8) is 0 Å². The molecular weight excluding hydrogens is 324 g/mol. The normalized spacial score (nSPS) is 10.9. The number of nitrogens with one attached hydrogen (secondary N) is 1. The van der Waals surface area contributed by atoms with Crippen molar-refractivity contribution in [3.05, 3.63) is 70.8 Å². The van der Waals surface area contributed by atoms with Crippen LogP contribution in [0.1, 0.15) is 11.4 Å². The topological polar surface area (TPSA) is 64.4 Å². The summed E-state index contributed by atoms with van der Waals surface area (Å²) < 4.78 is 12.8. The predicted molar refractivity (Wildman–Crippen MR) is 94.2 cm³/mol. The average molecular weight is 340 g/mol. The molecule has 0 unspecified atom stereocenters. The van der Waals surface area contributed by atoms with Crippen molar-refractivity contribution in [2.45, 2.75) is 6.61 Å². The van der Waals surface area contributed by atoms with Gasteiger partial charge in [-0.2, -0.15) is 14.9 Å². The molecule has 0 fully saturated rings. The van der Waals surface area contributed by atoms with Crippen molar-refractivity contribution in [1.82, 2.24) is 14.9 Å². The lowest BCUT2D eigenvalue weighted by molar-refractivity contribution is 0.290. The zero-order valence-electron chi connectivity index (χ0n) is 13.0. The van der Waals surface area contributed by atoms with Gasteiger partial charge in [-0.3, -0.25) is 0 Å². The number of ether oxygens (including phenoxy) is 2. The van der Waals surface area contributed by atoms with E-state index in [-0.39, 0.29) is 6.61 Å². The van der Waals surface area contributed by atoms with Crippen LogP contribution in [0.25, 0.3) is 0 Å². The van der Waals surface area contributed by atoms with Crippen LogP contribution in [0.3, 0.4) is 0 Å². The van der Waals surface area contributed by atoms with Gasteiger partial charge in [-0.1, -0.05) is 30.3 Å². The van der Waals surface area contributed by atoms with Crippen LogP contribution in [-0.4, -0.2) is 28.2 Å². The molecule has 2 aromatic carbocycles. The summed E-state index contributed by atoms with van der Waals surface area (Å²) in [5, 5.41) is 11.3. The zero-order valence-corrected chi connectivity index (χ0v) is 13.9. The molecule has 24 heavy (non-hydrogen) atoms. The first kappa shape index (κ1) is 15.9. The standard InChI is InChI=1S/C17H16N4O2S/c1-22-15-9-5-6-13(10-15)11-18-21-16(19-20-17(21)24)12-23-14-7-3-2-4-8-14/h2-11H,12H2,1H3,(H,20,24)/b18-11+. The maximum Gasteiger partial charge on any atom is 0.216 e. The Morgan fingerprint density at radius 3 is 2.75 bits per heavy atom. The van der Waals surface area contributed by atoms with E-state index in [0.717, 1.165) is 17.1 Å². The Hall–Kier alpha value is -2.93. The molecule has 1 aromatic heterocycles. The van der Waals surface area contributed by atoms with Crippen molar-refractivity contribution >= 4 is 18.4 Å². The number of hydrogen-bond acceptors (Lipinski definition) is 5. The van der Waals surface area contributed by atoms with Crippen LogP contribution in [-0.2, 0) is 6.61 Å². The average Bonchev–Trinajstić information content (AvgIpc) is 2.99. The molecule has 1 N–H and O–H groups in total. The lowest BCUT2D eigenvalue weighted by atomic mass is 10.2. The largest absolute Gasteiger partial charge is 0.497 e. The van der Waals surface area contributed by atoms with Gasteiger partial charge in [-0.05, 0) is 42.0 Å². The monoisotopic (exact) mass is 340 g/mol. The van der Waals surface area contributed by atoms with E-state index >= 15 is 0 Å². The first-order valence-electron chi connectivity index (χ1n) is 7.29. The summed E-state index contributed by atoms with van der Waals surface area (Å²) in [6, 6.07) is 17.1. The third-order valence-corrected chi connectivity index (χ3v) is 3.51. The quantitative estimate of drug-likeness (QED) is 0.552. The fourth-order valence-corrected chi connectivity index (χ4v) is 2.25. The van der Waals surface area contributed by atoms with E-state index in [2.05, 4.69) is 15.3 Å². The first-order valence-corrected chi connectivity index (χ1v) is 7.69. The summed E-state index contributed by atoms with van der Waals surface area (Å²) in [5.41, 5.74) is 0.896. The van der Waals surface area contributed by atoms with Gasteiger partial charge in [0.25, 0.3) is 0 Å². The summed E-state index contributed by atoms with van der Waals surface area (Å²) in [4.78, 5) is 0. The summed E-state index contributed by atoms with van der Waals surface area (Å²) in [7, 11) is 1.63. The molecule has 0 aliphatic rings. The van der Waals surface area contributed by atoms with Crippen molar-refractivity contribution in [2.24, 2.45) is 5.10 Å². The van der Waals surface area contributed by atoms with E-state index in [0.29, 0.717) is 10.6 Å². The fraction of sp³-hybridized carbons (Fsp3) is 0.118. The van der Waals surface area contributed by atoms with E-state index in [4.69, 9.17) is 21.7 Å². The highest BCUT2D eigenvalue weighted by atomic mass is 32.1. The molecule has 0 saturated carbocycles. The maximum absolute atomic E-state index is 5.69. The van der Waals surface area contributed by atoms with E-state index in [1.54, 1.807) is 13.3 Å². The Labute approximate surface area is 144 Å². The van der Waals surface area contributed by atoms with Gasteiger partial charge in [-0.15, -0.1) is 0 Å². The number of H-pyrrole nitrogens is 1. The number of aromatic amines is 1. The summed E-state index contributed by atoms with van der Waals surface area (Å²) >= 11 is 5.22. The van der Waals surface area contributed by atoms with Crippen LogP contribution in [0.5, 0.6) is 11.5 Å². The number of aromatic nitrogens is 3. The lowest BCUT2D eigenvalue weighted by Gasteiger charge is -2.05. The van der Waals surface area contributed by atoms with E-state index < -0.39 is 0 Å². The smallest absolute Gasteiger partial charge is 0.216 e. The number of rotatable bonds is 6. The molecule has 0 amide bonds. The van der Waals surface area contributed by atoms with Gasteiger partial charge in [0.15, 0.2) is 5.82 Å². The molecule has 0 aliphatic heterocycles. The molecule has 0 spiro atoms. The molecule has 122 valence electrons. The molecule has 0 aliphatic carbocycles. The predicted octanol–water partition coefficient (Wildman–Crippen LogP) is 3.41. The fourth-order valence-electron chi connectivity index (χ4n) is 2.05. The number of benzene rings is 2. The van der Waals surface area contributed by atoms with Gasteiger partial charge in [0.2, 0.25) is 4.77 Å². The van der Waals surface area contributed by atoms with E-state index in [1.165, 1.54) is 4.68 Å². The molecule has 3 aromatic rings. The summed E-state index contributed by atoms with van der Waals surface area (Å²) in [6.07, 6.45) is 1.69. The minimum Gasteiger partial charge on any atom is -0.497 e. The highest BCUT2D eigenvalue weighted by Gasteiger charge is 2.06. The molecule has 3 rings (SSSR count). The number of methoxy groups -OCH3 is 1. The van der Waals surface area contributed by atoms with Gasteiger partial charge >= 0.3 is 0 Å². The Balaban J connectivity index is 1.77. The Morgan fingerprint density at radius 1 is 1.17 bits per heavy atom. The third-order valence-electron chi connectivity index (χ3n) is 3.24. The van der Waals surface area contributed by atoms with Crippen molar-refractivity contribution in [1.29, 1.82) is 0 Å². The second-order valence-corrected chi connectivity index (χ2v) is 5.27. The highest BCUT2D eigenvalue weighted by molar-refractivity contribution is 7.71. The SMILES string of the molecule is COc1cccc(/C=N/n2c(COc3ccccc3)n[nH]c2=S)c1. The minimum absolute atomic E-state index is 0.257. The Bertz CT molecular complexity index is 887. The minimum atomic E-state index is 0.257. The van der Waals surface area contributed by atoms with Crippen LogP contribution in [0.4, 0.5) is 0 Å². The number of para-hydroxylation sites is 1. The molecule has 7 heteroatoms. The van der Waals surface area contributed by atoms with Crippen LogP contribution >= 0.6 is 12.2 Å². The molecule has 0 radical (unpaired) electrons. The molecule has 6 nitrogen and oxygen atoms in total. The van der Waals surface area contributed by atoms with Crippen molar-refractivity contribution in [3.8, 4) is 11.5 Å². The number of nitrogens with zero attached hydrogens (tertiary/aromatic N) is 3. The van der Waals surface area contributed by atoms with Gasteiger partial charge in [0.1, 0.15) is 18.1 Å². The molecule has 0 saturated heterocycles. The maximum atomic E-state index is 5.69. The molecular formula is C17H16N4O2S. The van der Waals surface area contributed by atoms with Crippen LogP contribution in [0, 0.1) is 4.77 Å². The van der Waals surface area contributed by atoms with E-state index in [9.17, 15) is 0 Å². The van der Waals surface area contributed by atoms with Crippen LogP contribution < -0.4 is 9.47 Å². The van der Waals surface area contributed by atoms with Crippen molar-refractivity contribution < 1.29 is 9.47 Å². The molecule has 0 atom stereocenters. The van der Waals surface area contributed by atoms with E-state index in [1.807, 2.05) is 54.6 Å². The van der Waals surface area contributed by atoms with Crippen LogP contribution in [0.15, 0.2) is 59.7 Å². The first-order chi connectivity index (χ1) is 11.8. The van der Waals surface area contributed by atoms with Crippen molar-refractivity contribution in [2.75, 3.05) is 7.11 Å². The van der Waals surface area contributed by atoms with Gasteiger partial charge in [-0.25, -0.2) is 5.10 Å². The highest BCUT2D eigenvalue weighted by Crippen LogP contribution is 2.12. The zero-order chi connectivity index (χ0) is 16.8. The second kappa shape index (κ2) is 7.56. The Morgan fingerprint density at radius 2 is 1.96 bits per heavy atom. The molecule has 0 bridgehead atoms. The van der Waals surface area contributed by atoms with Gasteiger partial charge < -0.3 is 9.47 Å². The second-order valence-electron chi connectivity index (χ2n) is 4.88. The van der Waals surface area contributed by atoms with Gasteiger partial charge in [0.05, 0.1) is 13.3 Å². The lowest BCUT2D eigenvalue weighted by Crippen LogP contribution is -2.04. The third kappa shape index (κ3) is 3.88. The summed E-state index contributed by atoms with van der Waals surface area (Å²) in [6.45, 7) is 0.257. The Kier molecular flexibility index (Phi) is 5.02.